The predicted octanol–water partition coefficient (Wildman–Crippen LogP) is 2.69. The number of carbonyl (C=O) groups excluding carboxylic acids is 1. The van der Waals surface area contributed by atoms with Crippen molar-refractivity contribution in [2.24, 2.45) is 0 Å². The van der Waals surface area contributed by atoms with Crippen molar-refractivity contribution in [3.05, 3.63) is 72.5 Å². The van der Waals surface area contributed by atoms with Crippen molar-refractivity contribution in [3.8, 4) is 17.1 Å². The number of benzene rings is 1. The molecule has 0 unspecified atom stereocenters. The van der Waals surface area contributed by atoms with E-state index in [2.05, 4.69) is 30.6 Å². The maximum Gasteiger partial charge on any atom is 0.276 e. The fourth-order valence-corrected chi connectivity index (χ4v) is 3.41. The molecule has 0 aliphatic rings. The van der Waals surface area contributed by atoms with Gasteiger partial charge in [-0.25, -0.2) is 14.6 Å². The summed E-state index contributed by atoms with van der Waals surface area (Å²) in [5.74, 6) is 0.136. The SMILES string of the molecule is O=C(Nc1cccc(-c2cn3ccsc3n2)c1)c1ccc(-n2cncn2)nn1. The van der Waals surface area contributed by atoms with Crippen LogP contribution in [-0.2, 0) is 0 Å². The Morgan fingerprint density at radius 3 is 2.89 bits per heavy atom. The normalized spacial score (nSPS) is 11.0. The molecule has 28 heavy (non-hydrogen) atoms. The number of nitrogens with zero attached hydrogens (tertiary/aromatic N) is 7. The van der Waals surface area contributed by atoms with Crippen molar-refractivity contribution in [2.75, 3.05) is 5.32 Å². The molecule has 0 saturated carbocycles. The zero-order valence-electron chi connectivity index (χ0n) is 14.3. The zero-order chi connectivity index (χ0) is 18.9. The summed E-state index contributed by atoms with van der Waals surface area (Å²) in [6.45, 7) is 0. The second kappa shape index (κ2) is 6.67. The molecule has 1 N–H and O–H groups in total. The first-order valence-electron chi connectivity index (χ1n) is 8.29. The standard InChI is InChI=1S/C18H12N8OS/c27-17(14-4-5-16(24-23-14)26-11-19-10-20-26)21-13-3-1-2-12(8-13)15-9-25-6-7-28-18(25)22-15/h1-11H,(H,21,27). The molecule has 9 nitrogen and oxygen atoms in total. The van der Waals surface area contributed by atoms with Gasteiger partial charge in [-0.3, -0.25) is 9.20 Å². The van der Waals surface area contributed by atoms with Crippen LogP contribution in [0.2, 0.25) is 0 Å². The Morgan fingerprint density at radius 1 is 1.14 bits per heavy atom. The largest absolute Gasteiger partial charge is 0.321 e. The fourth-order valence-electron chi connectivity index (χ4n) is 2.71. The first kappa shape index (κ1) is 16.3. The third-order valence-corrected chi connectivity index (χ3v) is 4.82. The summed E-state index contributed by atoms with van der Waals surface area (Å²) in [6.07, 6.45) is 6.83. The molecule has 0 saturated heterocycles. The molecule has 0 aliphatic carbocycles. The van der Waals surface area contributed by atoms with Crippen molar-refractivity contribution in [1.29, 1.82) is 0 Å². The van der Waals surface area contributed by atoms with Gasteiger partial charge in [0.25, 0.3) is 5.91 Å². The number of carbonyl (C=O) groups is 1. The second-order valence-electron chi connectivity index (χ2n) is 5.87. The highest BCUT2D eigenvalue weighted by Gasteiger charge is 2.11. The van der Waals surface area contributed by atoms with E-state index >= 15 is 0 Å². The van der Waals surface area contributed by atoms with Gasteiger partial charge >= 0.3 is 0 Å². The molecule has 1 aromatic carbocycles. The third-order valence-electron chi connectivity index (χ3n) is 4.05. The maximum atomic E-state index is 12.5. The van der Waals surface area contributed by atoms with Gasteiger partial charge in [-0.05, 0) is 24.3 Å². The molecular weight excluding hydrogens is 376 g/mol. The monoisotopic (exact) mass is 388 g/mol. The molecule has 5 rings (SSSR count). The van der Waals surface area contributed by atoms with E-state index < -0.39 is 0 Å². The van der Waals surface area contributed by atoms with Crippen LogP contribution in [-0.4, -0.2) is 40.3 Å². The summed E-state index contributed by atoms with van der Waals surface area (Å²) < 4.78 is 3.44. The second-order valence-corrected chi connectivity index (χ2v) is 6.74. The summed E-state index contributed by atoms with van der Waals surface area (Å²) in [7, 11) is 0. The molecule has 136 valence electrons. The number of hydrogen-bond acceptors (Lipinski definition) is 7. The lowest BCUT2D eigenvalue weighted by molar-refractivity contribution is 0.102. The first-order chi connectivity index (χ1) is 13.8. The van der Waals surface area contributed by atoms with E-state index in [9.17, 15) is 4.79 Å². The number of thiazole rings is 1. The van der Waals surface area contributed by atoms with Gasteiger partial charge < -0.3 is 5.32 Å². The lowest BCUT2D eigenvalue weighted by atomic mass is 10.1. The topological polar surface area (TPSA) is 103 Å². The molecule has 0 bridgehead atoms. The Hall–Kier alpha value is -3.92. The van der Waals surface area contributed by atoms with Crippen LogP contribution < -0.4 is 5.32 Å². The average Bonchev–Trinajstić information content (AvgIpc) is 3.46. The molecule has 4 heterocycles. The quantitative estimate of drug-likeness (QED) is 0.508. The average molecular weight is 388 g/mol. The number of aromatic nitrogens is 7. The summed E-state index contributed by atoms with van der Waals surface area (Å²) >= 11 is 1.57. The number of hydrogen-bond donors (Lipinski definition) is 1. The van der Waals surface area contributed by atoms with Crippen LogP contribution in [0.3, 0.4) is 0 Å². The summed E-state index contributed by atoms with van der Waals surface area (Å²) in [4.78, 5) is 21.9. The van der Waals surface area contributed by atoms with E-state index in [-0.39, 0.29) is 11.6 Å². The van der Waals surface area contributed by atoms with Crippen LogP contribution in [0.1, 0.15) is 10.5 Å². The van der Waals surface area contributed by atoms with Crippen molar-refractivity contribution < 1.29 is 4.79 Å². The molecular formula is C18H12N8OS. The van der Waals surface area contributed by atoms with Gasteiger partial charge in [0.1, 0.15) is 12.7 Å². The molecule has 1 amide bonds. The van der Waals surface area contributed by atoms with Crippen molar-refractivity contribution >= 4 is 27.9 Å². The Labute approximate surface area is 162 Å². The summed E-state index contributed by atoms with van der Waals surface area (Å²) in [5.41, 5.74) is 2.62. The highest BCUT2D eigenvalue weighted by atomic mass is 32.1. The lowest BCUT2D eigenvalue weighted by Crippen LogP contribution is -2.15. The number of nitrogens with one attached hydrogen (secondary N) is 1. The van der Waals surface area contributed by atoms with Crippen molar-refractivity contribution in [2.45, 2.75) is 0 Å². The Morgan fingerprint density at radius 2 is 2.11 bits per heavy atom. The molecule has 0 radical (unpaired) electrons. The number of fused-ring (bicyclic) bond motifs is 1. The van der Waals surface area contributed by atoms with Gasteiger partial charge in [0.2, 0.25) is 0 Å². The lowest BCUT2D eigenvalue weighted by Gasteiger charge is -2.06. The molecule has 4 aromatic heterocycles. The number of rotatable bonds is 4. The van der Waals surface area contributed by atoms with Crippen LogP contribution in [0.25, 0.3) is 22.0 Å². The van der Waals surface area contributed by atoms with Crippen molar-refractivity contribution in [3.63, 3.8) is 0 Å². The van der Waals surface area contributed by atoms with Gasteiger partial charge in [-0.15, -0.1) is 21.5 Å². The van der Waals surface area contributed by atoms with E-state index in [0.29, 0.717) is 11.5 Å². The van der Waals surface area contributed by atoms with E-state index in [4.69, 9.17) is 0 Å². The molecule has 0 fully saturated rings. The van der Waals surface area contributed by atoms with E-state index in [1.54, 1.807) is 23.5 Å². The minimum atomic E-state index is -0.347. The molecule has 0 atom stereocenters. The maximum absolute atomic E-state index is 12.5. The molecule has 0 aliphatic heterocycles. The van der Waals surface area contributed by atoms with Gasteiger partial charge in [-0.1, -0.05) is 12.1 Å². The number of imidazole rings is 1. The van der Waals surface area contributed by atoms with E-state index in [1.807, 2.05) is 46.4 Å². The van der Waals surface area contributed by atoms with Gasteiger partial charge in [0, 0.05) is 29.0 Å². The zero-order valence-corrected chi connectivity index (χ0v) is 15.1. The van der Waals surface area contributed by atoms with Crippen LogP contribution in [0.5, 0.6) is 0 Å². The third kappa shape index (κ3) is 3.01. The van der Waals surface area contributed by atoms with Gasteiger partial charge in [0.15, 0.2) is 16.5 Å². The minimum absolute atomic E-state index is 0.205. The van der Waals surface area contributed by atoms with E-state index in [1.165, 1.54) is 17.3 Å². The minimum Gasteiger partial charge on any atom is -0.321 e. The number of anilines is 1. The Balaban J connectivity index is 1.35. The highest BCUT2D eigenvalue weighted by molar-refractivity contribution is 7.15. The van der Waals surface area contributed by atoms with Gasteiger partial charge in [0.05, 0.1) is 5.69 Å². The Bertz CT molecular complexity index is 1230. The van der Waals surface area contributed by atoms with Crippen molar-refractivity contribution in [1.82, 2.24) is 34.3 Å². The Kier molecular flexibility index (Phi) is 3.87. The molecule has 5 aromatic rings. The first-order valence-corrected chi connectivity index (χ1v) is 9.17. The summed E-state index contributed by atoms with van der Waals surface area (Å²) in [5, 5.41) is 16.8. The van der Waals surface area contributed by atoms with Crippen LogP contribution >= 0.6 is 11.3 Å². The van der Waals surface area contributed by atoms with Crippen LogP contribution in [0.4, 0.5) is 5.69 Å². The predicted molar refractivity (Wildman–Crippen MR) is 103 cm³/mol. The smallest absolute Gasteiger partial charge is 0.276 e. The molecule has 0 spiro atoms. The molecule has 10 heteroatoms. The fraction of sp³-hybridized carbons (Fsp3) is 0. The van der Waals surface area contributed by atoms with Crippen LogP contribution in [0, 0.1) is 0 Å². The van der Waals surface area contributed by atoms with Crippen LogP contribution in [0.15, 0.2) is 66.8 Å². The van der Waals surface area contributed by atoms with Gasteiger partial charge in [-0.2, -0.15) is 5.10 Å². The number of amides is 1. The van der Waals surface area contributed by atoms with E-state index in [0.717, 1.165) is 16.2 Å². The highest BCUT2D eigenvalue weighted by Crippen LogP contribution is 2.24. The summed E-state index contributed by atoms with van der Waals surface area (Å²) in [6, 6.07) is 10.8.